The van der Waals surface area contributed by atoms with Crippen LogP contribution in [0.4, 0.5) is 0 Å². The third-order valence-electron chi connectivity index (χ3n) is 3.50. The van der Waals surface area contributed by atoms with Crippen molar-refractivity contribution in [3.63, 3.8) is 0 Å². The quantitative estimate of drug-likeness (QED) is 0.855. The Balaban J connectivity index is 2.56. The highest BCUT2D eigenvalue weighted by Gasteiger charge is 2.23. The fourth-order valence-corrected chi connectivity index (χ4v) is 2.22. The van der Waals surface area contributed by atoms with Crippen LogP contribution >= 0.6 is 0 Å². The first-order valence-electron chi connectivity index (χ1n) is 6.85. The average molecular weight is 264 g/mol. The van der Waals surface area contributed by atoms with Gasteiger partial charge in [0.05, 0.1) is 7.11 Å². The van der Waals surface area contributed by atoms with E-state index in [2.05, 4.69) is 50.2 Å². The fraction of sp³-hybridized carbons (Fsp3) is 0.625. The Morgan fingerprint density at radius 1 is 1.21 bits per heavy atom. The summed E-state index contributed by atoms with van der Waals surface area (Å²) in [7, 11) is 5.90. The summed E-state index contributed by atoms with van der Waals surface area (Å²) in [6.45, 7) is 8.81. The summed E-state index contributed by atoms with van der Waals surface area (Å²) in [4.78, 5) is 2.36. The zero-order valence-corrected chi connectivity index (χ0v) is 13.2. The topological polar surface area (TPSA) is 24.5 Å². The van der Waals surface area contributed by atoms with Crippen molar-refractivity contribution in [1.29, 1.82) is 0 Å². The molecule has 0 bridgehead atoms. The molecule has 0 aliphatic heterocycles. The summed E-state index contributed by atoms with van der Waals surface area (Å²) in [5.41, 5.74) is 1.58. The Morgan fingerprint density at radius 3 is 2.21 bits per heavy atom. The minimum atomic E-state index is 0.267. The molecule has 0 aromatic heterocycles. The van der Waals surface area contributed by atoms with Gasteiger partial charge >= 0.3 is 0 Å². The lowest BCUT2D eigenvalue weighted by Gasteiger charge is -2.33. The standard InChI is InChI=1S/C16H28N2O/c1-16(2,3)15(17-4)12-18(5)11-13-7-9-14(19-6)10-8-13/h7-10,15,17H,11-12H2,1-6H3. The van der Waals surface area contributed by atoms with Crippen molar-refractivity contribution >= 4 is 0 Å². The molecule has 0 aliphatic rings. The van der Waals surface area contributed by atoms with Crippen LogP contribution in [0.1, 0.15) is 26.3 Å². The molecule has 0 radical (unpaired) electrons. The fourth-order valence-electron chi connectivity index (χ4n) is 2.22. The molecule has 1 unspecified atom stereocenters. The van der Waals surface area contributed by atoms with Crippen LogP contribution in [0.15, 0.2) is 24.3 Å². The van der Waals surface area contributed by atoms with Crippen molar-refractivity contribution < 1.29 is 4.74 Å². The van der Waals surface area contributed by atoms with Crippen LogP contribution in [0.25, 0.3) is 0 Å². The highest BCUT2D eigenvalue weighted by Crippen LogP contribution is 2.20. The minimum Gasteiger partial charge on any atom is -0.497 e. The van der Waals surface area contributed by atoms with E-state index in [1.54, 1.807) is 7.11 Å². The van der Waals surface area contributed by atoms with Gasteiger partial charge in [0.1, 0.15) is 5.75 Å². The molecule has 19 heavy (non-hydrogen) atoms. The van der Waals surface area contributed by atoms with E-state index >= 15 is 0 Å². The smallest absolute Gasteiger partial charge is 0.118 e. The molecule has 0 heterocycles. The van der Waals surface area contributed by atoms with Crippen LogP contribution in [0.5, 0.6) is 5.75 Å². The molecule has 0 amide bonds. The Morgan fingerprint density at radius 2 is 1.79 bits per heavy atom. The second-order valence-electron chi connectivity index (χ2n) is 6.25. The van der Waals surface area contributed by atoms with Gasteiger partial charge in [-0.05, 0) is 37.2 Å². The van der Waals surface area contributed by atoms with E-state index in [0.717, 1.165) is 18.8 Å². The van der Waals surface area contributed by atoms with Gasteiger partial charge in [-0.1, -0.05) is 32.9 Å². The second kappa shape index (κ2) is 6.92. The van der Waals surface area contributed by atoms with Crippen molar-refractivity contribution in [2.75, 3.05) is 27.7 Å². The van der Waals surface area contributed by atoms with E-state index in [0.29, 0.717) is 6.04 Å². The Bertz CT molecular complexity index is 367. The Labute approximate surface area is 118 Å². The van der Waals surface area contributed by atoms with E-state index in [4.69, 9.17) is 4.74 Å². The summed E-state index contributed by atoms with van der Waals surface area (Å²) in [5, 5.41) is 3.42. The third-order valence-corrected chi connectivity index (χ3v) is 3.50. The van der Waals surface area contributed by atoms with Gasteiger partial charge in [-0.2, -0.15) is 0 Å². The largest absolute Gasteiger partial charge is 0.497 e. The molecule has 3 nitrogen and oxygen atoms in total. The summed E-state index contributed by atoms with van der Waals surface area (Å²) in [5.74, 6) is 0.911. The third kappa shape index (κ3) is 5.21. The Kier molecular flexibility index (Phi) is 5.83. The zero-order valence-electron chi connectivity index (χ0n) is 13.2. The molecule has 1 aromatic carbocycles. The highest BCUT2D eigenvalue weighted by molar-refractivity contribution is 5.27. The molecule has 108 valence electrons. The molecule has 0 saturated carbocycles. The van der Waals surface area contributed by atoms with Gasteiger partial charge in [-0.25, -0.2) is 0 Å². The predicted molar refractivity (Wildman–Crippen MR) is 81.6 cm³/mol. The number of methoxy groups -OCH3 is 1. The summed E-state index contributed by atoms with van der Waals surface area (Å²) in [6, 6.07) is 8.77. The van der Waals surface area contributed by atoms with Crippen LogP contribution in [0, 0.1) is 5.41 Å². The molecule has 0 fully saturated rings. The lowest BCUT2D eigenvalue weighted by atomic mass is 9.86. The lowest BCUT2D eigenvalue weighted by molar-refractivity contribution is 0.198. The van der Waals surface area contributed by atoms with Crippen molar-refractivity contribution in [2.24, 2.45) is 5.41 Å². The van der Waals surface area contributed by atoms with Gasteiger partial charge in [0.25, 0.3) is 0 Å². The van der Waals surface area contributed by atoms with E-state index in [9.17, 15) is 0 Å². The maximum Gasteiger partial charge on any atom is 0.118 e. The van der Waals surface area contributed by atoms with Crippen molar-refractivity contribution in [2.45, 2.75) is 33.4 Å². The SMILES string of the molecule is CNC(CN(C)Cc1ccc(OC)cc1)C(C)(C)C. The number of rotatable bonds is 6. The highest BCUT2D eigenvalue weighted by atomic mass is 16.5. The normalized spacial score (nSPS) is 13.6. The number of hydrogen-bond acceptors (Lipinski definition) is 3. The first-order chi connectivity index (χ1) is 8.86. The summed E-state index contributed by atoms with van der Waals surface area (Å²) < 4.78 is 5.18. The molecule has 1 rings (SSSR count). The van der Waals surface area contributed by atoms with Crippen LogP contribution in [0.2, 0.25) is 0 Å². The molecule has 0 aliphatic carbocycles. The zero-order chi connectivity index (χ0) is 14.5. The molecule has 1 N–H and O–H groups in total. The van der Waals surface area contributed by atoms with E-state index in [1.165, 1.54) is 5.56 Å². The second-order valence-corrected chi connectivity index (χ2v) is 6.25. The number of nitrogens with zero attached hydrogens (tertiary/aromatic N) is 1. The van der Waals surface area contributed by atoms with Crippen LogP contribution in [-0.2, 0) is 6.54 Å². The molecule has 1 atom stereocenters. The predicted octanol–water partition coefficient (Wildman–Crippen LogP) is 2.76. The van der Waals surface area contributed by atoms with Gasteiger partial charge in [-0.15, -0.1) is 0 Å². The monoisotopic (exact) mass is 264 g/mol. The molecule has 1 aromatic rings. The van der Waals surface area contributed by atoms with Crippen LogP contribution < -0.4 is 10.1 Å². The van der Waals surface area contributed by atoms with E-state index < -0.39 is 0 Å². The summed E-state index contributed by atoms with van der Waals surface area (Å²) >= 11 is 0. The molecule has 0 spiro atoms. The van der Waals surface area contributed by atoms with Gasteiger partial charge < -0.3 is 15.0 Å². The Hall–Kier alpha value is -1.06. The van der Waals surface area contributed by atoms with Crippen molar-refractivity contribution in [1.82, 2.24) is 10.2 Å². The van der Waals surface area contributed by atoms with E-state index in [-0.39, 0.29) is 5.41 Å². The number of nitrogens with one attached hydrogen (secondary N) is 1. The van der Waals surface area contributed by atoms with E-state index in [1.807, 2.05) is 19.2 Å². The molecule has 3 heteroatoms. The molecular formula is C16H28N2O. The van der Waals surface area contributed by atoms with Crippen molar-refractivity contribution in [3.05, 3.63) is 29.8 Å². The molecule has 0 saturated heterocycles. The maximum atomic E-state index is 5.18. The van der Waals surface area contributed by atoms with Crippen LogP contribution in [0.3, 0.4) is 0 Å². The number of ether oxygens (including phenoxy) is 1. The number of likely N-dealkylation sites (N-methyl/N-ethyl adjacent to an activating group) is 2. The first kappa shape index (κ1) is 16.0. The van der Waals surface area contributed by atoms with Gasteiger partial charge in [0.15, 0.2) is 0 Å². The maximum absolute atomic E-state index is 5.18. The van der Waals surface area contributed by atoms with Gasteiger partial charge in [0, 0.05) is 19.1 Å². The number of hydrogen-bond donors (Lipinski definition) is 1. The van der Waals surface area contributed by atoms with Gasteiger partial charge in [0.2, 0.25) is 0 Å². The minimum absolute atomic E-state index is 0.267. The molecular weight excluding hydrogens is 236 g/mol. The van der Waals surface area contributed by atoms with Crippen LogP contribution in [-0.4, -0.2) is 38.7 Å². The average Bonchev–Trinajstić information content (AvgIpc) is 2.35. The first-order valence-corrected chi connectivity index (χ1v) is 6.85. The van der Waals surface area contributed by atoms with Crippen molar-refractivity contribution in [3.8, 4) is 5.75 Å². The summed E-state index contributed by atoms with van der Waals surface area (Å²) in [6.07, 6.45) is 0. The number of benzene rings is 1. The lowest BCUT2D eigenvalue weighted by Crippen LogP contribution is -2.45. The van der Waals surface area contributed by atoms with Gasteiger partial charge in [-0.3, -0.25) is 0 Å².